The van der Waals surface area contributed by atoms with Crippen LogP contribution >= 0.6 is 0 Å². The molecule has 0 saturated heterocycles. The fraction of sp³-hybridized carbons (Fsp3) is 0.364. The van der Waals surface area contributed by atoms with Gasteiger partial charge in [0.1, 0.15) is 99.3 Å². The topological polar surface area (TPSA) is 539 Å². The molecule has 2 aliphatic heterocycles. The quantitative estimate of drug-likeness (QED) is 0.0278. The van der Waals surface area contributed by atoms with Gasteiger partial charge in [-0.05, 0) is 103 Å². The molecule has 4 atom stereocenters. The average Bonchev–Trinajstić information content (AvgIpc) is 1.67. The van der Waals surface area contributed by atoms with Crippen LogP contribution in [0.25, 0.3) is 92.7 Å². The fourth-order valence-electron chi connectivity index (χ4n) is 11.2. The highest BCUT2D eigenvalue weighted by Gasteiger charge is 2.32. The van der Waals surface area contributed by atoms with Crippen molar-refractivity contribution in [2.45, 2.75) is 127 Å². The van der Waals surface area contributed by atoms with Crippen molar-refractivity contribution in [3.05, 3.63) is 121 Å². The van der Waals surface area contributed by atoms with E-state index in [2.05, 4.69) is 91.7 Å². The van der Waals surface area contributed by atoms with Crippen molar-refractivity contribution in [2.75, 3.05) is 26.2 Å². The van der Waals surface area contributed by atoms with Crippen LogP contribution in [0.4, 0.5) is 0 Å². The number of fused-ring (bicyclic) bond motifs is 32. The highest BCUT2D eigenvalue weighted by Crippen LogP contribution is 2.34. The molecule has 104 heavy (non-hydrogen) atoms. The molecule has 0 spiro atoms. The summed E-state index contributed by atoms with van der Waals surface area (Å²) < 4.78 is 68.9. The first-order valence-electron chi connectivity index (χ1n) is 33.5. The summed E-state index contributed by atoms with van der Waals surface area (Å²) in [7, 11) is 0. The lowest BCUT2D eigenvalue weighted by molar-refractivity contribution is -0.123. The summed E-state index contributed by atoms with van der Waals surface area (Å²) in [4.78, 5) is 134. The summed E-state index contributed by atoms with van der Waals surface area (Å²) in [5.74, 6) is -2.15. The first-order chi connectivity index (χ1) is 50.8. The molecule has 6 amide bonds. The first-order valence-corrected chi connectivity index (χ1v) is 33.5. The van der Waals surface area contributed by atoms with Gasteiger partial charge in [-0.3, -0.25) is 28.8 Å². The summed E-state index contributed by atoms with van der Waals surface area (Å²) in [6.45, 7) is 1.51. The van der Waals surface area contributed by atoms with E-state index in [0.29, 0.717) is 116 Å². The van der Waals surface area contributed by atoms with Crippen LogP contribution in [0.1, 0.15) is 192 Å². The van der Waals surface area contributed by atoms with Crippen molar-refractivity contribution < 1.29 is 81.8 Å². The number of nitrogens with zero attached hydrogens (tertiary/aromatic N) is 12. The summed E-state index contributed by atoms with van der Waals surface area (Å²) in [5, 5.41) is 17.5. The SMILES string of the molecule is NCCCC[C@@H]1NC(=O)c2coc(n2)-c2coc(n2)-c2coc(n2)[C@H](CCCCNC(=O)CCCCC(=O)NCCCC[C@@H]2NC(=O)c3coc(n3)-c3coc(n3)-c3coc(n3)[C@H](CCCCN)NC(=O)c3coc(n3)-c3coc(n3)-c3coc2n3)NC(=O)c2coc(n2)-c2coc(n2)-c2coc1n2. The molecule has 38 heteroatoms. The Morgan fingerprint density at radius 3 is 0.750 bits per heavy atom. The third-order valence-corrected chi connectivity index (χ3v) is 16.7. The second-order valence-electron chi connectivity index (χ2n) is 24.2. The number of aromatic nitrogens is 12. The van der Waals surface area contributed by atoms with E-state index < -0.39 is 47.8 Å². The van der Waals surface area contributed by atoms with Crippen LogP contribution in [-0.2, 0) is 9.59 Å². The van der Waals surface area contributed by atoms with E-state index in [1.54, 1.807) is 0 Å². The number of carbonyl (C=O) groups excluding carboxylic acids is 6. The van der Waals surface area contributed by atoms with Crippen molar-refractivity contribution in [3.63, 3.8) is 0 Å². The van der Waals surface area contributed by atoms with Crippen LogP contribution in [0.2, 0.25) is 0 Å². The smallest absolute Gasteiger partial charge is 0.273 e. The predicted octanol–water partition coefficient (Wildman–Crippen LogP) is 8.48. The largest absolute Gasteiger partial charge is 0.446 e. The van der Waals surface area contributed by atoms with Crippen LogP contribution in [0.3, 0.4) is 0 Å². The second kappa shape index (κ2) is 31.4. The fourth-order valence-corrected chi connectivity index (χ4v) is 11.2. The Morgan fingerprint density at radius 1 is 0.288 bits per heavy atom. The van der Waals surface area contributed by atoms with Gasteiger partial charge in [-0.15, -0.1) is 0 Å². The zero-order chi connectivity index (χ0) is 71.5. The molecule has 0 fully saturated rings. The normalized spacial score (nSPS) is 16.1. The third kappa shape index (κ3) is 16.0. The molecule has 0 saturated carbocycles. The lowest BCUT2D eigenvalue weighted by Gasteiger charge is -2.15. The van der Waals surface area contributed by atoms with Gasteiger partial charge in [-0.25, -0.2) is 59.8 Å². The average molecular weight is 1430 g/mol. The van der Waals surface area contributed by atoms with E-state index in [1.165, 1.54) is 75.2 Å². The van der Waals surface area contributed by atoms with Crippen LogP contribution in [0, 0.1) is 0 Å². The van der Waals surface area contributed by atoms with E-state index in [-0.39, 0.29) is 164 Å². The van der Waals surface area contributed by atoms with Gasteiger partial charge in [0.15, 0.2) is 68.3 Å². The molecule has 0 aromatic carbocycles. The molecular weight excluding hydrogens is 1360 g/mol. The minimum absolute atomic E-state index is 0.0150. The predicted molar refractivity (Wildman–Crippen MR) is 349 cm³/mol. The number of amides is 6. The summed E-state index contributed by atoms with van der Waals surface area (Å²) in [6.07, 6.45) is 22.5. The number of unbranched alkanes of at least 4 members (excludes halogenated alkanes) is 5. The van der Waals surface area contributed by atoms with Crippen LogP contribution < -0.4 is 43.4 Å². The Labute approximate surface area is 585 Å². The van der Waals surface area contributed by atoms with E-state index >= 15 is 0 Å². The number of hydrogen-bond donors (Lipinski definition) is 8. The molecule has 38 nitrogen and oxygen atoms in total. The monoisotopic (exact) mass is 1430 g/mol. The lowest BCUT2D eigenvalue weighted by atomic mass is 10.1. The Kier molecular flexibility index (Phi) is 20.7. The maximum atomic E-state index is 13.9. The molecule has 14 rings (SSSR count). The van der Waals surface area contributed by atoms with Crippen LogP contribution in [0.15, 0.2) is 128 Å². The van der Waals surface area contributed by atoms with E-state index in [9.17, 15) is 28.8 Å². The van der Waals surface area contributed by atoms with E-state index in [1.807, 2.05) is 0 Å². The first kappa shape index (κ1) is 68.4. The number of nitrogens with two attached hydrogens (primary N) is 2. The Bertz CT molecular complexity index is 4650. The Hall–Kier alpha value is -12.7. The van der Waals surface area contributed by atoms with Gasteiger partial charge in [0.25, 0.3) is 23.6 Å². The number of nitrogens with one attached hydrogen (secondary N) is 6. The van der Waals surface area contributed by atoms with Gasteiger partial charge in [-0.2, -0.15) is 0 Å². The maximum Gasteiger partial charge on any atom is 0.273 e. The van der Waals surface area contributed by atoms with Crippen LogP contribution in [0.5, 0.6) is 0 Å². The third-order valence-electron chi connectivity index (χ3n) is 16.7. The number of oxazole rings is 12. The molecule has 14 heterocycles. The number of hydrogen-bond acceptors (Lipinski definition) is 32. The highest BCUT2D eigenvalue weighted by molar-refractivity contribution is 5.94. The van der Waals surface area contributed by atoms with E-state index in [0.717, 1.165) is 0 Å². The molecule has 2 aliphatic rings. The van der Waals surface area contributed by atoms with Gasteiger partial charge in [0, 0.05) is 25.9 Å². The summed E-state index contributed by atoms with van der Waals surface area (Å²) in [5.41, 5.74) is 12.7. The lowest BCUT2D eigenvalue weighted by Crippen LogP contribution is -2.29. The molecule has 0 unspecified atom stereocenters. The molecule has 0 radical (unpaired) electrons. The van der Waals surface area contributed by atoms with Crippen LogP contribution in [-0.4, -0.2) is 121 Å². The maximum absolute atomic E-state index is 13.9. The van der Waals surface area contributed by atoms with Crippen molar-refractivity contribution in [2.24, 2.45) is 11.5 Å². The zero-order valence-corrected chi connectivity index (χ0v) is 55.2. The molecule has 24 bridgehead atoms. The molecular formula is C66H66N20O18. The van der Waals surface area contributed by atoms with Crippen molar-refractivity contribution >= 4 is 35.4 Å². The van der Waals surface area contributed by atoms with Gasteiger partial charge < -0.3 is 96.4 Å². The molecule has 12 aromatic rings. The van der Waals surface area contributed by atoms with Gasteiger partial charge in [-0.1, -0.05) is 0 Å². The highest BCUT2D eigenvalue weighted by atomic mass is 16.4. The summed E-state index contributed by atoms with van der Waals surface area (Å²) >= 11 is 0. The molecule has 0 aliphatic carbocycles. The van der Waals surface area contributed by atoms with Gasteiger partial charge in [0.05, 0.1) is 0 Å². The van der Waals surface area contributed by atoms with Crippen molar-refractivity contribution in [1.82, 2.24) is 91.7 Å². The van der Waals surface area contributed by atoms with Gasteiger partial charge in [0.2, 0.25) is 82.5 Å². The summed E-state index contributed by atoms with van der Waals surface area (Å²) in [6, 6.07) is -3.04. The molecule has 538 valence electrons. The second-order valence-corrected chi connectivity index (χ2v) is 24.2. The van der Waals surface area contributed by atoms with Gasteiger partial charge >= 0.3 is 0 Å². The number of carbonyl (C=O) groups is 6. The van der Waals surface area contributed by atoms with Crippen molar-refractivity contribution in [3.8, 4) is 92.7 Å². The van der Waals surface area contributed by atoms with Crippen molar-refractivity contribution in [1.29, 1.82) is 0 Å². The standard InChI is InChI=1S/C66H66N20O18/c67-17-7-3-11-33-55-79-45(25-97-55)63-83-43(29-101-63)61-77-39(23-95-61)53(91)73-35(57-81-47(27-99-57)65-85-41(31-103-65)59-75-37(21-93-59)51(89)71-33)13-5-9-19-69-49(87)15-1-2-16-50(88)70-20-10-6-14-36-58-82-48(28-100-58)66-86-42(32-104-66)60-76-38(22-94-60)52(90)72-34(12-4-8-18-68)56-80-46(26-98-56)64-84-44(30-102-64)62-78-40(24-96-62)54(92)74-36/h21-36H,1-20,67-68H2,(H,69,87)(H,70,88)(H,71,89)(H,72,90)(H,73,91)(H,74,92)/t33-,34-,35-,36-/m0/s1. The molecule has 12 aromatic heterocycles. The number of rotatable bonds is 23. The molecule has 10 N–H and O–H groups in total. The Morgan fingerprint density at radius 2 is 0.500 bits per heavy atom. The Balaban J connectivity index is 0.553. The van der Waals surface area contributed by atoms with E-state index in [4.69, 9.17) is 64.5 Å². The minimum atomic E-state index is -0.824. The zero-order valence-electron chi connectivity index (χ0n) is 55.2. The minimum Gasteiger partial charge on any atom is -0.446 e.